The second kappa shape index (κ2) is 7.48. The van der Waals surface area contributed by atoms with E-state index in [-0.39, 0.29) is 5.97 Å². The predicted molar refractivity (Wildman–Crippen MR) is 96.9 cm³/mol. The standard InChI is InChI=1S/C18H19N3O3S/c1-4-24-18(22)15-11(2)20-17(14-9-25-10-19-14)21-16(15)12-5-7-13(23-3)8-6-12/h5-10,16H,4H2,1-3H3,(H,20,21)/t16-/m1/s1. The van der Waals surface area contributed by atoms with Gasteiger partial charge in [0.05, 0.1) is 24.8 Å². The van der Waals surface area contributed by atoms with E-state index in [1.807, 2.05) is 36.6 Å². The molecule has 3 rings (SSSR count). The highest BCUT2D eigenvalue weighted by Crippen LogP contribution is 2.33. The molecule has 0 spiro atoms. The molecule has 25 heavy (non-hydrogen) atoms. The van der Waals surface area contributed by atoms with Gasteiger partial charge in [0.1, 0.15) is 17.5 Å². The number of allylic oxidation sites excluding steroid dienone is 1. The Kier molecular flexibility index (Phi) is 5.14. The van der Waals surface area contributed by atoms with Crippen LogP contribution in [-0.4, -0.2) is 30.5 Å². The van der Waals surface area contributed by atoms with Crippen LogP contribution in [0.3, 0.4) is 0 Å². The summed E-state index contributed by atoms with van der Waals surface area (Å²) in [6, 6.07) is 7.07. The van der Waals surface area contributed by atoms with Gasteiger partial charge in [-0.15, -0.1) is 11.3 Å². The summed E-state index contributed by atoms with van der Waals surface area (Å²) in [5, 5.41) is 5.09. The van der Waals surface area contributed by atoms with Crippen molar-refractivity contribution in [3.05, 3.63) is 57.7 Å². The fraction of sp³-hybridized carbons (Fsp3) is 0.278. The maximum Gasteiger partial charge on any atom is 0.338 e. The first-order valence-corrected chi connectivity index (χ1v) is 8.83. The number of aromatic nitrogens is 1. The Morgan fingerprint density at radius 1 is 1.32 bits per heavy atom. The van der Waals surface area contributed by atoms with Gasteiger partial charge in [-0.2, -0.15) is 0 Å². The van der Waals surface area contributed by atoms with E-state index >= 15 is 0 Å². The lowest BCUT2D eigenvalue weighted by molar-refractivity contribution is -0.138. The molecule has 0 unspecified atom stereocenters. The Morgan fingerprint density at radius 2 is 2.08 bits per heavy atom. The van der Waals surface area contributed by atoms with Gasteiger partial charge in [-0.3, -0.25) is 4.99 Å². The first kappa shape index (κ1) is 17.2. The van der Waals surface area contributed by atoms with Crippen LogP contribution in [0.1, 0.15) is 31.1 Å². The number of nitrogens with zero attached hydrogens (tertiary/aromatic N) is 2. The highest BCUT2D eigenvalue weighted by Gasteiger charge is 2.31. The van der Waals surface area contributed by atoms with Crippen LogP contribution in [0.15, 0.2) is 51.4 Å². The Hall–Kier alpha value is -2.67. The van der Waals surface area contributed by atoms with Gasteiger partial charge in [-0.25, -0.2) is 9.78 Å². The number of carbonyl (C=O) groups excluding carboxylic acids is 1. The molecule has 1 aromatic carbocycles. The summed E-state index contributed by atoms with van der Waals surface area (Å²) in [4.78, 5) is 21.5. The molecule has 6 nitrogen and oxygen atoms in total. The van der Waals surface area contributed by atoms with Crippen LogP contribution < -0.4 is 10.1 Å². The van der Waals surface area contributed by atoms with Crippen LogP contribution in [0.4, 0.5) is 0 Å². The van der Waals surface area contributed by atoms with Crippen molar-refractivity contribution in [2.24, 2.45) is 4.99 Å². The third-order valence-corrected chi connectivity index (χ3v) is 4.43. The number of aliphatic imine (C=N–C) groups is 1. The van der Waals surface area contributed by atoms with Crippen molar-refractivity contribution >= 4 is 23.1 Å². The number of amidine groups is 1. The number of hydrogen-bond donors (Lipinski definition) is 1. The van der Waals surface area contributed by atoms with E-state index in [1.165, 1.54) is 11.3 Å². The molecule has 130 valence electrons. The molecule has 0 aliphatic carbocycles. The number of methoxy groups -OCH3 is 1. The average molecular weight is 357 g/mol. The molecule has 0 amide bonds. The van der Waals surface area contributed by atoms with Gasteiger partial charge in [0, 0.05) is 11.1 Å². The number of hydrogen-bond acceptors (Lipinski definition) is 7. The number of carbonyl (C=O) groups is 1. The van der Waals surface area contributed by atoms with Gasteiger partial charge in [0.2, 0.25) is 0 Å². The zero-order chi connectivity index (χ0) is 17.8. The summed E-state index contributed by atoms with van der Waals surface area (Å²) in [6.07, 6.45) is 0. The SMILES string of the molecule is CCOC(=O)C1=C(C)NC(c2cscn2)=N[C@@H]1c1ccc(OC)cc1. The Bertz CT molecular complexity index is 811. The molecule has 0 saturated heterocycles. The fourth-order valence-corrected chi connectivity index (χ4v) is 3.17. The number of esters is 1. The lowest BCUT2D eigenvalue weighted by atomic mass is 9.96. The van der Waals surface area contributed by atoms with Crippen LogP contribution in [0, 0.1) is 0 Å². The maximum atomic E-state index is 12.5. The second-order valence-electron chi connectivity index (χ2n) is 5.41. The summed E-state index contributed by atoms with van der Waals surface area (Å²) in [5.41, 5.74) is 4.62. The topological polar surface area (TPSA) is 72.8 Å². The molecule has 1 N–H and O–H groups in total. The molecular formula is C18H19N3O3S. The number of nitrogens with one attached hydrogen (secondary N) is 1. The highest BCUT2D eigenvalue weighted by molar-refractivity contribution is 7.07. The molecule has 0 saturated carbocycles. The molecule has 7 heteroatoms. The third-order valence-electron chi connectivity index (χ3n) is 3.84. The van der Waals surface area contributed by atoms with E-state index in [0.717, 1.165) is 22.7 Å². The van der Waals surface area contributed by atoms with E-state index < -0.39 is 6.04 Å². The van der Waals surface area contributed by atoms with Crippen molar-refractivity contribution < 1.29 is 14.3 Å². The van der Waals surface area contributed by atoms with Crippen LogP contribution >= 0.6 is 11.3 Å². The van der Waals surface area contributed by atoms with E-state index in [9.17, 15) is 4.79 Å². The molecule has 0 fully saturated rings. The molecule has 0 radical (unpaired) electrons. The number of ether oxygens (including phenoxy) is 2. The Morgan fingerprint density at radius 3 is 2.68 bits per heavy atom. The third kappa shape index (κ3) is 3.56. The van der Waals surface area contributed by atoms with Crippen molar-refractivity contribution in [1.82, 2.24) is 10.3 Å². The smallest absolute Gasteiger partial charge is 0.338 e. The number of thiazole rings is 1. The Labute approximate surface area is 150 Å². The van der Waals surface area contributed by atoms with Gasteiger partial charge in [0.25, 0.3) is 0 Å². The van der Waals surface area contributed by atoms with Crippen molar-refractivity contribution in [3.63, 3.8) is 0 Å². The zero-order valence-electron chi connectivity index (χ0n) is 14.3. The summed E-state index contributed by atoms with van der Waals surface area (Å²) in [6.45, 7) is 3.95. The van der Waals surface area contributed by atoms with Crippen LogP contribution in [0.5, 0.6) is 5.75 Å². The summed E-state index contributed by atoms with van der Waals surface area (Å²) < 4.78 is 10.4. The molecule has 1 atom stereocenters. The summed E-state index contributed by atoms with van der Waals surface area (Å²) in [5.74, 6) is 1.03. The van der Waals surface area contributed by atoms with Crippen LogP contribution in [0.2, 0.25) is 0 Å². The van der Waals surface area contributed by atoms with E-state index in [0.29, 0.717) is 18.0 Å². The van der Waals surface area contributed by atoms with Crippen molar-refractivity contribution in [1.29, 1.82) is 0 Å². The molecule has 2 heterocycles. The molecular weight excluding hydrogens is 338 g/mol. The molecule has 1 aromatic heterocycles. The monoisotopic (exact) mass is 357 g/mol. The van der Waals surface area contributed by atoms with Gasteiger partial charge in [-0.05, 0) is 31.5 Å². The highest BCUT2D eigenvalue weighted by atomic mass is 32.1. The van der Waals surface area contributed by atoms with Crippen molar-refractivity contribution in [2.75, 3.05) is 13.7 Å². The Balaban J connectivity index is 2.04. The molecule has 0 bridgehead atoms. The fourth-order valence-electron chi connectivity index (χ4n) is 2.64. The van der Waals surface area contributed by atoms with Crippen LogP contribution in [-0.2, 0) is 9.53 Å². The number of rotatable bonds is 5. The number of benzene rings is 1. The normalized spacial score (nSPS) is 16.9. The largest absolute Gasteiger partial charge is 0.497 e. The van der Waals surface area contributed by atoms with Gasteiger partial charge < -0.3 is 14.8 Å². The molecule has 1 aliphatic heterocycles. The lowest BCUT2D eigenvalue weighted by Gasteiger charge is -2.25. The summed E-state index contributed by atoms with van der Waals surface area (Å²) >= 11 is 1.50. The van der Waals surface area contributed by atoms with Crippen molar-refractivity contribution in [3.8, 4) is 5.75 Å². The summed E-state index contributed by atoms with van der Waals surface area (Å²) in [7, 11) is 1.62. The minimum atomic E-state index is -0.456. The average Bonchev–Trinajstić information content (AvgIpc) is 3.16. The first-order chi connectivity index (χ1) is 12.1. The minimum Gasteiger partial charge on any atom is -0.497 e. The van der Waals surface area contributed by atoms with Gasteiger partial charge >= 0.3 is 5.97 Å². The van der Waals surface area contributed by atoms with Crippen LogP contribution in [0.25, 0.3) is 0 Å². The van der Waals surface area contributed by atoms with Gasteiger partial charge in [-0.1, -0.05) is 12.1 Å². The van der Waals surface area contributed by atoms with Gasteiger partial charge in [0.15, 0.2) is 5.84 Å². The van der Waals surface area contributed by atoms with E-state index in [1.54, 1.807) is 19.5 Å². The van der Waals surface area contributed by atoms with Crippen molar-refractivity contribution in [2.45, 2.75) is 19.9 Å². The minimum absolute atomic E-state index is 0.313. The second-order valence-corrected chi connectivity index (χ2v) is 6.13. The van der Waals surface area contributed by atoms with E-state index in [4.69, 9.17) is 14.5 Å². The predicted octanol–water partition coefficient (Wildman–Crippen LogP) is 3.08. The molecule has 1 aliphatic rings. The quantitative estimate of drug-likeness (QED) is 0.833. The van der Waals surface area contributed by atoms with E-state index in [2.05, 4.69) is 10.3 Å². The lowest BCUT2D eigenvalue weighted by Crippen LogP contribution is -2.33. The maximum absolute atomic E-state index is 12.5. The first-order valence-electron chi connectivity index (χ1n) is 7.89. The molecule has 2 aromatic rings. The zero-order valence-corrected chi connectivity index (χ0v) is 15.1.